The Labute approximate surface area is 111 Å². The minimum atomic E-state index is 0.405. The fourth-order valence-corrected chi connectivity index (χ4v) is 3.23. The van der Waals surface area contributed by atoms with Crippen LogP contribution >= 0.6 is 27.3 Å². The number of halogens is 1. The van der Waals surface area contributed by atoms with E-state index in [1.54, 1.807) is 11.3 Å². The molecule has 1 aromatic heterocycles. The van der Waals surface area contributed by atoms with Gasteiger partial charge in [-0.25, -0.2) is 0 Å². The van der Waals surface area contributed by atoms with Crippen LogP contribution in [0.3, 0.4) is 0 Å². The quantitative estimate of drug-likeness (QED) is 0.734. The van der Waals surface area contributed by atoms with E-state index < -0.39 is 0 Å². The van der Waals surface area contributed by atoms with Crippen molar-refractivity contribution in [2.24, 2.45) is 0 Å². The van der Waals surface area contributed by atoms with Gasteiger partial charge in [-0.15, -0.1) is 0 Å². The molecule has 0 radical (unpaired) electrons. The highest BCUT2D eigenvalue weighted by Crippen LogP contribution is 2.29. The summed E-state index contributed by atoms with van der Waals surface area (Å²) in [5.41, 5.74) is 1.35. The third kappa shape index (κ3) is 4.53. The van der Waals surface area contributed by atoms with E-state index in [1.165, 1.54) is 10.0 Å². The maximum Gasteiger partial charge on any atom is 0.0484 e. The molecule has 1 rings (SSSR count). The summed E-state index contributed by atoms with van der Waals surface area (Å²) < 4.78 is 6.75. The Kier molecular flexibility index (Phi) is 7.28. The molecular formula is C12H20BrNOS. The van der Waals surface area contributed by atoms with E-state index in [9.17, 15) is 0 Å². The first-order chi connectivity index (χ1) is 7.79. The molecule has 0 aromatic carbocycles. The molecule has 92 valence electrons. The van der Waals surface area contributed by atoms with Crippen LogP contribution < -0.4 is 5.32 Å². The number of hydrogen-bond donors (Lipinski definition) is 1. The number of ether oxygens (including phenoxy) is 1. The van der Waals surface area contributed by atoms with Gasteiger partial charge >= 0.3 is 0 Å². The predicted octanol–water partition coefficient (Wildman–Crippen LogP) is 3.98. The van der Waals surface area contributed by atoms with Crippen LogP contribution in [0.15, 0.2) is 15.2 Å². The normalized spacial score (nSPS) is 12.9. The molecule has 0 saturated carbocycles. The lowest BCUT2D eigenvalue weighted by molar-refractivity contribution is 0.124. The molecular weight excluding hydrogens is 286 g/mol. The van der Waals surface area contributed by atoms with Gasteiger partial charge in [0, 0.05) is 29.1 Å². The molecule has 1 unspecified atom stereocenters. The van der Waals surface area contributed by atoms with Crippen molar-refractivity contribution in [3.63, 3.8) is 0 Å². The minimum Gasteiger partial charge on any atom is -0.381 e. The van der Waals surface area contributed by atoms with Gasteiger partial charge in [-0.3, -0.25) is 0 Å². The zero-order valence-electron chi connectivity index (χ0n) is 9.96. The predicted molar refractivity (Wildman–Crippen MR) is 74.2 cm³/mol. The smallest absolute Gasteiger partial charge is 0.0484 e. The lowest BCUT2D eigenvalue weighted by atomic mass is 10.1. The standard InChI is InChI=1S/C12H20BrNOS/c1-3-6-15-7-5-12(14-4-2)10-8-16-9-11(10)13/h8-9,12,14H,3-7H2,1-2H3. The van der Waals surface area contributed by atoms with Gasteiger partial charge in [0.1, 0.15) is 0 Å². The van der Waals surface area contributed by atoms with Gasteiger partial charge in [0.25, 0.3) is 0 Å². The van der Waals surface area contributed by atoms with Crippen molar-refractivity contribution in [3.05, 3.63) is 20.8 Å². The van der Waals surface area contributed by atoms with Crippen molar-refractivity contribution in [1.29, 1.82) is 0 Å². The Bertz CT molecular complexity index is 290. The molecule has 0 aliphatic carbocycles. The summed E-state index contributed by atoms with van der Waals surface area (Å²) >= 11 is 5.33. The van der Waals surface area contributed by atoms with Crippen LogP contribution in [0.2, 0.25) is 0 Å². The maximum absolute atomic E-state index is 5.55. The first kappa shape index (κ1) is 14.2. The summed E-state index contributed by atoms with van der Waals surface area (Å²) in [5.74, 6) is 0. The van der Waals surface area contributed by atoms with Crippen LogP contribution in [0.5, 0.6) is 0 Å². The van der Waals surface area contributed by atoms with Crippen LogP contribution in [-0.2, 0) is 4.74 Å². The minimum absolute atomic E-state index is 0.405. The van der Waals surface area contributed by atoms with E-state index in [-0.39, 0.29) is 0 Å². The van der Waals surface area contributed by atoms with Crippen LogP contribution in [0.25, 0.3) is 0 Å². The Morgan fingerprint density at radius 1 is 1.38 bits per heavy atom. The van der Waals surface area contributed by atoms with E-state index in [4.69, 9.17) is 4.74 Å². The fraction of sp³-hybridized carbons (Fsp3) is 0.667. The van der Waals surface area contributed by atoms with Gasteiger partial charge in [0.05, 0.1) is 0 Å². The number of nitrogens with one attached hydrogen (secondary N) is 1. The molecule has 0 bridgehead atoms. The lowest BCUT2D eigenvalue weighted by Crippen LogP contribution is -2.22. The second-order valence-corrected chi connectivity index (χ2v) is 5.28. The third-order valence-electron chi connectivity index (χ3n) is 2.37. The van der Waals surface area contributed by atoms with Crippen molar-refractivity contribution in [3.8, 4) is 0 Å². The van der Waals surface area contributed by atoms with Gasteiger partial charge in [-0.1, -0.05) is 13.8 Å². The van der Waals surface area contributed by atoms with E-state index in [0.717, 1.165) is 32.6 Å². The van der Waals surface area contributed by atoms with Gasteiger partial charge in [0.2, 0.25) is 0 Å². The van der Waals surface area contributed by atoms with Crippen molar-refractivity contribution in [2.75, 3.05) is 19.8 Å². The highest BCUT2D eigenvalue weighted by atomic mass is 79.9. The number of hydrogen-bond acceptors (Lipinski definition) is 3. The molecule has 0 amide bonds. The van der Waals surface area contributed by atoms with Gasteiger partial charge in [-0.2, -0.15) is 11.3 Å². The topological polar surface area (TPSA) is 21.3 Å². The van der Waals surface area contributed by atoms with Crippen LogP contribution in [0.4, 0.5) is 0 Å². The Hall–Kier alpha value is 0.100. The van der Waals surface area contributed by atoms with E-state index in [2.05, 4.69) is 45.9 Å². The average molecular weight is 306 g/mol. The number of thiophene rings is 1. The molecule has 1 N–H and O–H groups in total. The summed E-state index contributed by atoms with van der Waals surface area (Å²) in [6.45, 7) is 6.95. The van der Waals surface area contributed by atoms with Gasteiger partial charge in [0.15, 0.2) is 0 Å². The summed E-state index contributed by atoms with van der Waals surface area (Å²) in [6.07, 6.45) is 2.12. The zero-order valence-corrected chi connectivity index (χ0v) is 12.4. The van der Waals surface area contributed by atoms with E-state index >= 15 is 0 Å². The highest BCUT2D eigenvalue weighted by Gasteiger charge is 2.13. The van der Waals surface area contributed by atoms with Crippen LogP contribution in [0.1, 0.15) is 38.3 Å². The van der Waals surface area contributed by atoms with Crippen molar-refractivity contribution in [1.82, 2.24) is 5.32 Å². The van der Waals surface area contributed by atoms with Crippen molar-refractivity contribution in [2.45, 2.75) is 32.7 Å². The van der Waals surface area contributed by atoms with Crippen molar-refractivity contribution >= 4 is 27.3 Å². The summed E-state index contributed by atoms with van der Waals surface area (Å²) in [6, 6.07) is 0.405. The highest BCUT2D eigenvalue weighted by molar-refractivity contribution is 9.10. The molecule has 0 aliphatic heterocycles. The zero-order chi connectivity index (χ0) is 11.8. The fourth-order valence-electron chi connectivity index (χ4n) is 1.60. The molecule has 4 heteroatoms. The van der Waals surface area contributed by atoms with E-state index in [1.807, 2.05) is 0 Å². The Morgan fingerprint density at radius 2 is 2.19 bits per heavy atom. The molecule has 1 aromatic rings. The SMILES string of the molecule is CCCOCCC(NCC)c1cscc1Br. The molecule has 2 nitrogen and oxygen atoms in total. The summed E-state index contributed by atoms with van der Waals surface area (Å²) in [5, 5.41) is 7.84. The van der Waals surface area contributed by atoms with Gasteiger partial charge in [-0.05, 0) is 46.3 Å². The Morgan fingerprint density at radius 3 is 2.75 bits per heavy atom. The molecule has 0 saturated heterocycles. The summed E-state index contributed by atoms with van der Waals surface area (Å²) in [7, 11) is 0. The Balaban J connectivity index is 2.45. The summed E-state index contributed by atoms with van der Waals surface area (Å²) in [4.78, 5) is 0. The molecule has 1 heterocycles. The average Bonchev–Trinajstić information content (AvgIpc) is 2.69. The molecule has 0 spiro atoms. The molecule has 0 fully saturated rings. The second kappa shape index (κ2) is 8.23. The van der Waals surface area contributed by atoms with E-state index in [0.29, 0.717) is 6.04 Å². The molecule has 16 heavy (non-hydrogen) atoms. The third-order valence-corrected chi connectivity index (χ3v) is 4.12. The van der Waals surface area contributed by atoms with Crippen LogP contribution in [-0.4, -0.2) is 19.8 Å². The first-order valence-electron chi connectivity index (χ1n) is 5.82. The van der Waals surface area contributed by atoms with Gasteiger partial charge < -0.3 is 10.1 Å². The largest absolute Gasteiger partial charge is 0.381 e. The monoisotopic (exact) mass is 305 g/mol. The van der Waals surface area contributed by atoms with Crippen LogP contribution in [0, 0.1) is 0 Å². The van der Waals surface area contributed by atoms with Crippen molar-refractivity contribution < 1.29 is 4.74 Å². The molecule has 1 atom stereocenters. The maximum atomic E-state index is 5.55. The second-order valence-electron chi connectivity index (χ2n) is 3.69. The lowest BCUT2D eigenvalue weighted by Gasteiger charge is -2.17. The number of rotatable bonds is 8. The first-order valence-corrected chi connectivity index (χ1v) is 7.55. The molecule has 0 aliphatic rings.